The average Bonchev–Trinajstić information content (AvgIpc) is 2.73. The molecular formula is C16H31NO4Si. The molecule has 0 aromatic carbocycles. The van der Waals surface area contributed by atoms with Gasteiger partial charge in [0.2, 0.25) is 0 Å². The molecule has 1 rings (SSSR count). The summed E-state index contributed by atoms with van der Waals surface area (Å²) in [7, 11) is -1.77. The summed E-state index contributed by atoms with van der Waals surface area (Å²) < 4.78 is 11.7. The zero-order valence-electron chi connectivity index (χ0n) is 15.1. The number of likely N-dealkylation sites (tertiary alicyclic amines) is 1. The molecule has 0 aromatic heterocycles. The van der Waals surface area contributed by atoms with E-state index in [1.165, 1.54) is 4.90 Å². The second kappa shape index (κ2) is 6.70. The van der Waals surface area contributed by atoms with Crippen LogP contribution in [-0.2, 0) is 14.0 Å². The van der Waals surface area contributed by atoms with E-state index in [1.54, 1.807) is 0 Å². The van der Waals surface area contributed by atoms with Crippen LogP contribution in [0.25, 0.3) is 0 Å². The van der Waals surface area contributed by atoms with Crippen molar-refractivity contribution in [1.29, 1.82) is 0 Å². The van der Waals surface area contributed by atoms with Gasteiger partial charge in [-0.2, -0.15) is 0 Å². The Morgan fingerprint density at radius 2 is 1.82 bits per heavy atom. The maximum absolute atomic E-state index is 12.0. The van der Waals surface area contributed by atoms with Crippen molar-refractivity contribution in [2.45, 2.75) is 71.2 Å². The third-order valence-electron chi connectivity index (χ3n) is 4.62. The summed E-state index contributed by atoms with van der Waals surface area (Å²) in [6, 6.07) is 0. The van der Waals surface area contributed by atoms with E-state index in [0.717, 1.165) is 0 Å². The summed E-state index contributed by atoms with van der Waals surface area (Å²) in [5.74, 6) is 0.0935. The van der Waals surface area contributed by atoms with Gasteiger partial charge < -0.3 is 14.1 Å². The number of Topliss-reactive ketones (excluding diaryl/α,β-unsaturated/α-hetero) is 1. The molecule has 0 spiro atoms. The minimum absolute atomic E-state index is 0.0935. The molecule has 1 aliphatic heterocycles. The Balaban J connectivity index is 2.44. The van der Waals surface area contributed by atoms with Crippen molar-refractivity contribution in [1.82, 2.24) is 4.90 Å². The van der Waals surface area contributed by atoms with Crippen molar-refractivity contribution in [3.8, 4) is 0 Å². The van der Waals surface area contributed by atoms with Gasteiger partial charge in [-0.25, -0.2) is 4.79 Å². The van der Waals surface area contributed by atoms with Gasteiger partial charge in [-0.3, -0.25) is 4.79 Å². The molecule has 5 nitrogen and oxygen atoms in total. The van der Waals surface area contributed by atoms with E-state index in [-0.39, 0.29) is 17.4 Å². The number of ether oxygens (including phenoxy) is 1. The first-order chi connectivity index (χ1) is 9.84. The van der Waals surface area contributed by atoms with E-state index in [9.17, 15) is 9.59 Å². The van der Waals surface area contributed by atoms with Crippen LogP contribution in [0.15, 0.2) is 0 Å². The highest BCUT2D eigenvalue weighted by Crippen LogP contribution is 2.36. The van der Waals surface area contributed by atoms with Crippen molar-refractivity contribution in [2.24, 2.45) is 0 Å². The summed E-state index contributed by atoms with van der Waals surface area (Å²) in [5, 5.41) is 0.170. The van der Waals surface area contributed by atoms with Gasteiger partial charge in [0, 0.05) is 26.0 Å². The molecule has 1 amide bonds. The Labute approximate surface area is 135 Å². The second-order valence-corrected chi connectivity index (χ2v) is 13.0. The van der Waals surface area contributed by atoms with Gasteiger partial charge in [-0.05, 0) is 32.0 Å². The molecule has 0 aliphatic carbocycles. The smallest absolute Gasteiger partial charge is 0.410 e. The number of nitrogens with zero attached hydrogens (tertiary/aromatic N) is 1. The largest absolute Gasteiger partial charge is 0.443 e. The lowest BCUT2D eigenvalue weighted by atomic mass is 10.1. The van der Waals surface area contributed by atoms with E-state index < -0.39 is 20.0 Å². The van der Waals surface area contributed by atoms with E-state index in [4.69, 9.17) is 9.16 Å². The lowest BCUT2D eigenvalue weighted by Crippen LogP contribution is -2.43. The first-order valence-corrected chi connectivity index (χ1v) is 10.9. The van der Waals surface area contributed by atoms with Gasteiger partial charge in [0.25, 0.3) is 0 Å². The summed E-state index contributed by atoms with van der Waals surface area (Å²) >= 11 is 0. The van der Waals surface area contributed by atoms with E-state index in [0.29, 0.717) is 26.0 Å². The summed E-state index contributed by atoms with van der Waals surface area (Å²) in [4.78, 5) is 24.8. The normalized spacial score (nSPS) is 17.0. The van der Waals surface area contributed by atoms with Crippen molar-refractivity contribution in [2.75, 3.05) is 19.7 Å². The monoisotopic (exact) mass is 329 g/mol. The molecule has 0 bridgehead atoms. The van der Waals surface area contributed by atoms with Crippen molar-refractivity contribution in [3.05, 3.63) is 0 Å². The SMILES string of the molecule is CC(C)(CCO[Si](C)(C)C(C)(C)C)OC(=O)N1CCC(=O)C1. The summed E-state index contributed by atoms with van der Waals surface area (Å²) in [5.41, 5.74) is -0.592. The highest BCUT2D eigenvalue weighted by molar-refractivity contribution is 6.74. The predicted molar refractivity (Wildman–Crippen MR) is 89.5 cm³/mol. The third kappa shape index (κ3) is 5.39. The van der Waals surface area contributed by atoms with Gasteiger partial charge in [0.05, 0.1) is 6.54 Å². The first-order valence-electron chi connectivity index (χ1n) is 7.98. The van der Waals surface area contributed by atoms with Crippen LogP contribution >= 0.6 is 0 Å². The van der Waals surface area contributed by atoms with Crippen LogP contribution in [0.3, 0.4) is 0 Å². The van der Waals surface area contributed by atoms with Gasteiger partial charge >= 0.3 is 6.09 Å². The second-order valence-electron chi connectivity index (χ2n) is 8.20. The van der Waals surface area contributed by atoms with E-state index in [2.05, 4.69) is 33.9 Å². The highest BCUT2D eigenvalue weighted by atomic mass is 28.4. The van der Waals surface area contributed by atoms with E-state index in [1.807, 2.05) is 13.8 Å². The zero-order valence-corrected chi connectivity index (χ0v) is 16.1. The summed E-state index contributed by atoms with van der Waals surface area (Å²) in [6.07, 6.45) is 0.681. The van der Waals surface area contributed by atoms with Crippen LogP contribution in [-0.4, -0.2) is 50.4 Å². The Morgan fingerprint density at radius 1 is 1.23 bits per heavy atom. The maximum atomic E-state index is 12.0. The molecule has 0 radical (unpaired) electrons. The number of amides is 1. The van der Waals surface area contributed by atoms with Gasteiger partial charge in [-0.15, -0.1) is 0 Å². The Morgan fingerprint density at radius 3 is 2.27 bits per heavy atom. The molecule has 0 saturated carbocycles. The molecule has 0 unspecified atom stereocenters. The van der Waals surface area contributed by atoms with Gasteiger partial charge in [0.15, 0.2) is 14.1 Å². The Kier molecular flexibility index (Phi) is 5.84. The molecule has 128 valence electrons. The minimum atomic E-state index is -1.77. The fourth-order valence-electron chi connectivity index (χ4n) is 1.91. The van der Waals surface area contributed by atoms with Crippen LogP contribution in [0.1, 0.15) is 47.5 Å². The van der Waals surface area contributed by atoms with Gasteiger partial charge in [0.1, 0.15) is 5.60 Å². The standard InChI is InChI=1S/C16H31NO4Si/c1-15(2,3)22(6,7)20-11-9-16(4,5)21-14(19)17-10-8-13(18)12-17/h8-12H2,1-7H3. The molecule has 1 fully saturated rings. The average molecular weight is 330 g/mol. The lowest BCUT2D eigenvalue weighted by molar-refractivity contribution is -0.117. The first kappa shape index (κ1) is 19.2. The molecule has 1 saturated heterocycles. The molecule has 0 atom stereocenters. The molecule has 1 heterocycles. The van der Waals surface area contributed by atoms with Crippen LogP contribution in [0.5, 0.6) is 0 Å². The molecular weight excluding hydrogens is 298 g/mol. The fraction of sp³-hybridized carbons (Fsp3) is 0.875. The van der Waals surface area contributed by atoms with Crippen molar-refractivity contribution < 1.29 is 18.8 Å². The van der Waals surface area contributed by atoms with Crippen LogP contribution in [0, 0.1) is 0 Å². The molecule has 6 heteroatoms. The third-order valence-corrected chi connectivity index (χ3v) is 9.16. The fourth-order valence-corrected chi connectivity index (χ4v) is 2.95. The van der Waals surface area contributed by atoms with Gasteiger partial charge in [-0.1, -0.05) is 20.8 Å². The number of ketones is 1. The summed E-state index contributed by atoms with van der Waals surface area (Å²) in [6.45, 7) is 16.0. The van der Waals surface area contributed by atoms with Crippen molar-refractivity contribution in [3.63, 3.8) is 0 Å². The quantitative estimate of drug-likeness (QED) is 0.723. The molecule has 0 N–H and O–H groups in total. The van der Waals surface area contributed by atoms with Crippen LogP contribution in [0.2, 0.25) is 18.1 Å². The van der Waals surface area contributed by atoms with E-state index >= 15 is 0 Å². The Hall–Kier alpha value is -0.883. The highest BCUT2D eigenvalue weighted by Gasteiger charge is 2.38. The predicted octanol–water partition coefficient (Wildman–Crippen LogP) is 3.59. The number of carbonyl (C=O) groups excluding carboxylic acids is 2. The van der Waals surface area contributed by atoms with Crippen LogP contribution < -0.4 is 0 Å². The number of carbonyl (C=O) groups is 2. The lowest BCUT2D eigenvalue weighted by Gasteiger charge is -2.37. The van der Waals surface area contributed by atoms with Crippen molar-refractivity contribution >= 4 is 20.2 Å². The topological polar surface area (TPSA) is 55.8 Å². The number of hydrogen-bond acceptors (Lipinski definition) is 4. The van der Waals surface area contributed by atoms with Crippen LogP contribution in [0.4, 0.5) is 4.79 Å². The molecule has 22 heavy (non-hydrogen) atoms. The maximum Gasteiger partial charge on any atom is 0.410 e. The molecule has 0 aromatic rings. The Bertz CT molecular complexity index is 426. The molecule has 1 aliphatic rings. The minimum Gasteiger partial charge on any atom is -0.443 e. The number of rotatable bonds is 5. The number of hydrogen-bond donors (Lipinski definition) is 0. The zero-order chi connectivity index (χ0) is 17.2.